The van der Waals surface area contributed by atoms with Crippen molar-refractivity contribution in [2.24, 2.45) is 0 Å². The Kier molecular flexibility index (Phi) is 1.93. The van der Waals surface area contributed by atoms with E-state index in [-0.39, 0.29) is 5.82 Å². The van der Waals surface area contributed by atoms with Gasteiger partial charge in [0.25, 0.3) is 0 Å². The highest BCUT2D eigenvalue weighted by Gasteiger charge is 2.53. The molecule has 1 saturated carbocycles. The van der Waals surface area contributed by atoms with E-state index in [1.807, 2.05) is 0 Å². The molecule has 0 bridgehead atoms. The molecule has 0 heterocycles. The summed E-state index contributed by atoms with van der Waals surface area (Å²) in [6.45, 7) is 0. The standard InChI is InChI=1S/C10H11FO2S/c1-14(12,13)10(6-7-10)8-2-4-9(11)5-3-8/h2-5H,6-7H2,1H3. The molecule has 2 rings (SSSR count). The Labute approximate surface area is 82.7 Å². The Morgan fingerprint density at radius 2 is 1.71 bits per heavy atom. The van der Waals surface area contributed by atoms with Crippen LogP contribution in [-0.4, -0.2) is 14.7 Å². The number of hydrogen-bond acceptors (Lipinski definition) is 2. The van der Waals surface area contributed by atoms with Crippen LogP contribution in [0.2, 0.25) is 0 Å². The van der Waals surface area contributed by atoms with Gasteiger partial charge in [0.15, 0.2) is 9.84 Å². The van der Waals surface area contributed by atoms with E-state index in [0.29, 0.717) is 18.4 Å². The van der Waals surface area contributed by atoms with E-state index in [0.717, 1.165) is 0 Å². The molecule has 76 valence electrons. The first-order valence-electron chi connectivity index (χ1n) is 4.41. The van der Waals surface area contributed by atoms with Crippen molar-refractivity contribution in [2.75, 3.05) is 6.26 Å². The maximum Gasteiger partial charge on any atom is 0.157 e. The maximum absolute atomic E-state index is 12.6. The van der Waals surface area contributed by atoms with Crippen molar-refractivity contribution >= 4 is 9.84 Å². The van der Waals surface area contributed by atoms with E-state index in [1.54, 1.807) is 12.1 Å². The molecule has 0 radical (unpaired) electrons. The molecule has 0 saturated heterocycles. The number of benzene rings is 1. The Hall–Kier alpha value is -0.900. The Morgan fingerprint density at radius 1 is 1.21 bits per heavy atom. The van der Waals surface area contributed by atoms with Gasteiger partial charge in [-0.1, -0.05) is 12.1 Å². The lowest BCUT2D eigenvalue weighted by Crippen LogP contribution is -2.19. The SMILES string of the molecule is CS(=O)(=O)C1(c2ccc(F)cc2)CC1. The molecule has 0 aromatic heterocycles. The first-order valence-corrected chi connectivity index (χ1v) is 6.30. The smallest absolute Gasteiger partial charge is 0.157 e. The van der Waals surface area contributed by atoms with Crippen LogP contribution in [0.1, 0.15) is 18.4 Å². The van der Waals surface area contributed by atoms with Gasteiger partial charge in [0, 0.05) is 6.26 Å². The van der Waals surface area contributed by atoms with Crippen LogP contribution in [0.15, 0.2) is 24.3 Å². The van der Waals surface area contributed by atoms with E-state index < -0.39 is 14.6 Å². The predicted molar refractivity (Wildman–Crippen MR) is 52.2 cm³/mol. The van der Waals surface area contributed by atoms with Crippen LogP contribution in [0.4, 0.5) is 4.39 Å². The van der Waals surface area contributed by atoms with Crippen molar-refractivity contribution in [2.45, 2.75) is 17.6 Å². The topological polar surface area (TPSA) is 34.1 Å². The Balaban J connectivity index is 2.46. The van der Waals surface area contributed by atoms with E-state index >= 15 is 0 Å². The van der Waals surface area contributed by atoms with Gasteiger partial charge in [0.2, 0.25) is 0 Å². The summed E-state index contributed by atoms with van der Waals surface area (Å²) in [4.78, 5) is 0. The summed E-state index contributed by atoms with van der Waals surface area (Å²) in [7, 11) is -3.08. The predicted octanol–water partition coefficient (Wildman–Crippen LogP) is 1.86. The van der Waals surface area contributed by atoms with Crippen molar-refractivity contribution in [3.8, 4) is 0 Å². The largest absolute Gasteiger partial charge is 0.228 e. The summed E-state index contributed by atoms with van der Waals surface area (Å²) in [6, 6.07) is 5.73. The van der Waals surface area contributed by atoms with Crippen LogP contribution < -0.4 is 0 Å². The van der Waals surface area contributed by atoms with Crippen LogP contribution in [0.5, 0.6) is 0 Å². The molecule has 0 amide bonds. The van der Waals surface area contributed by atoms with Crippen LogP contribution >= 0.6 is 0 Å². The van der Waals surface area contributed by atoms with Gasteiger partial charge in [0.05, 0.1) is 4.75 Å². The molecule has 1 aliphatic rings. The Bertz CT molecular complexity index is 444. The van der Waals surface area contributed by atoms with Crippen molar-refractivity contribution in [3.63, 3.8) is 0 Å². The summed E-state index contributed by atoms with van der Waals surface area (Å²) in [6.07, 6.45) is 2.54. The lowest BCUT2D eigenvalue weighted by Gasteiger charge is -2.12. The monoisotopic (exact) mass is 214 g/mol. The molecule has 1 aliphatic carbocycles. The van der Waals surface area contributed by atoms with Crippen LogP contribution in [-0.2, 0) is 14.6 Å². The van der Waals surface area contributed by atoms with Gasteiger partial charge < -0.3 is 0 Å². The minimum atomic E-state index is -3.08. The first kappa shape index (κ1) is 9.65. The van der Waals surface area contributed by atoms with Crippen LogP contribution in [0.25, 0.3) is 0 Å². The molecule has 14 heavy (non-hydrogen) atoms. The number of rotatable bonds is 2. The second-order valence-corrected chi connectivity index (χ2v) is 6.10. The third-order valence-corrected chi connectivity index (χ3v) is 4.85. The van der Waals surface area contributed by atoms with Gasteiger partial charge in [0.1, 0.15) is 5.82 Å². The highest BCUT2D eigenvalue weighted by Crippen LogP contribution is 2.52. The van der Waals surface area contributed by atoms with Crippen molar-refractivity contribution in [1.29, 1.82) is 0 Å². The summed E-state index contributed by atoms with van der Waals surface area (Å²) < 4.78 is 34.9. The van der Waals surface area contributed by atoms with E-state index in [2.05, 4.69) is 0 Å². The molecule has 0 N–H and O–H groups in total. The molecular formula is C10H11FO2S. The molecule has 4 heteroatoms. The normalized spacial score (nSPS) is 19.3. The number of halogens is 1. The quantitative estimate of drug-likeness (QED) is 0.753. The van der Waals surface area contributed by atoms with Crippen molar-refractivity contribution < 1.29 is 12.8 Å². The summed E-state index contributed by atoms with van der Waals surface area (Å²) in [5.41, 5.74) is 0.710. The molecule has 0 spiro atoms. The zero-order chi connectivity index (χ0) is 10.4. The maximum atomic E-state index is 12.6. The van der Waals surface area contributed by atoms with Gasteiger partial charge in [-0.05, 0) is 30.5 Å². The summed E-state index contributed by atoms with van der Waals surface area (Å²) >= 11 is 0. The molecule has 1 fully saturated rings. The highest BCUT2D eigenvalue weighted by molar-refractivity contribution is 7.92. The van der Waals surface area contributed by atoms with Gasteiger partial charge in [-0.25, -0.2) is 12.8 Å². The molecule has 2 nitrogen and oxygen atoms in total. The number of sulfone groups is 1. The van der Waals surface area contributed by atoms with E-state index in [4.69, 9.17) is 0 Å². The average molecular weight is 214 g/mol. The average Bonchev–Trinajstić information content (AvgIpc) is 2.84. The fraction of sp³-hybridized carbons (Fsp3) is 0.400. The van der Waals surface area contributed by atoms with Gasteiger partial charge >= 0.3 is 0 Å². The number of hydrogen-bond donors (Lipinski definition) is 0. The van der Waals surface area contributed by atoms with E-state index in [9.17, 15) is 12.8 Å². The van der Waals surface area contributed by atoms with Crippen LogP contribution in [0, 0.1) is 5.82 Å². The second kappa shape index (κ2) is 2.79. The van der Waals surface area contributed by atoms with Crippen molar-refractivity contribution in [3.05, 3.63) is 35.6 Å². The van der Waals surface area contributed by atoms with Gasteiger partial charge in [-0.3, -0.25) is 0 Å². The fourth-order valence-electron chi connectivity index (χ4n) is 1.74. The fourth-order valence-corrected chi connectivity index (χ4v) is 3.15. The lowest BCUT2D eigenvalue weighted by atomic mass is 10.1. The molecule has 1 aromatic rings. The molecular weight excluding hydrogens is 203 g/mol. The minimum Gasteiger partial charge on any atom is -0.228 e. The zero-order valence-electron chi connectivity index (χ0n) is 7.83. The van der Waals surface area contributed by atoms with Gasteiger partial charge in [-0.15, -0.1) is 0 Å². The minimum absolute atomic E-state index is 0.335. The molecule has 1 aromatic carbocycles. The third-order valence-electron chi connectivity index (χ3n) is 2.78. The Morgan fingerprint density at radius 3 is 2.07 bits per heavy atom. The second-order valence-electron chi connectivity index (χ2n) is 3.77. The van der Waals surface area contributed by atoms with Gasteiger partial charge in [-0.2, -0.15) is 0 Å². The lowest BCUT2D eigenvalue weighted by molar-refractivity contribution is 0.585. The highest BCUT2D eigenvalue weighted by atomic mass is 32.2. The first-order chi connectivity index (χ1) is 6.46. The van der Waals surface area contributed by atoms with Crippen molar-refractivity contribution in [1.82, 2.24) is 0 Å². The van der Waals surface area contributed by atoms with E-state index in [1.165, 1.54) is 18.4 Å². The summed E-state index contributed by atoms with van der Waals surface area (Å²) in [5.74, 6) is -0.335. The molecule has 0 atom stereocenters. The molecule has 0 unspecified atom stereocenters. The zero-order valence-corrected chi connectivity index (χ0v) is 8.64. The third kappa shape index (κ3) is 1.34. The molecule has 0 aliphatic heterocycles. The summed E-state index contributed by atoms with van der Waals surface area (Å²) in [5, 5.41) is 0. The van der Waals surface area contributed by atoms with Crippen LogP contribution in [0.3, 0.4) is 0 Å².